The number of nitrogens with one attached hydrogen (secondary N) is 3. The Balaban J connectivity index is 1.33. The van der Waals surface area contributed by atoms with Crippen LogP contribution in [0.5, 0.6) is 5.75 Å². The van der Waals surface area contributed by atoms with Crippen LogP contribution in [0.2, 0.25) is 0 Å². The first-order valence-electron chi connectivity index (χ1n) is 13.6. The van der Waals surface area contributed by atoms with E-state index >= 15 is 0 Å². The molecule has 1 unspecified atom stereocenters. The van der Waals surface area contributed by atoms with E-state index in [1.54, 1.807) is 37.8 Å². The number of amides is 3. The number of aliphatic carboxylic acids is 1. The van der Waals surface area contributed by atoms with Gasteiger partial charge in [-0.1, -0.05) is 30.3 Å². The molecular weight excluding hydrogens is 604 g/mol. The van der Waals surface area contributed by atoms with Gasteiger partial charge in [-0.15, -0.1) is 23.5 Å². The maximum Gasteiger partial charge on any atom is 0.327 e. The summed E-state index contributed by atoms with van der Waals surface area (Å²) in [5.41, 5.74) is 0.800. The van der Waals surface area contributed by atoms with Gasteiger partial charge in [-0.05, 0) is 73.7 Å². The minimum absolute atomic E-state index is 0.0615. The third kappa shape index (κ3) is 6.10. The maximum atomic E-state index is 13.5. The maximum absolute atomic E-state index is 13.5. The lowest BCUT2D eigenvalue weighted by molar-refractivity contribution is -0.161. The fraction of sp³-hybridized carbons (Fsp3) is 0.258. The molecule has 0 spiro atoms. The number of phenols is 1. The first-order valence-corrected chi connectivity index (χ1v) is 15.7. The van der Waals surface area contributed by atoms with Gasteiger partial charge in [0.15, 0.2) is 0 Å². The average molecular weight is 635 g/mol. The first-order chi connectivity index (χ1) is 20.9. The van der Waals surface area contributed by atoms with E-state index < -0.39 is 57.5 Å². The Hall–Kier alpha value is -4.49. The van der Waals surface area contributed by atoms with Gasteiger partial charge in [0.05, 0.1) is 0 Å². The van der Waals surface area contributed by atoms with Gasteiger partial charge in [-0.25, -0.2) is 4.79 Å². The first kappa shape index (κ1) is 31.0. The Morgan fingerprint density at radius 2 is 1.70 bits per heavy atom. The van der Waals surface area contributed by atoms with Crippen molar-refractivity contribution < 1.29 is 29.4 Å². The van der Waals surface area contributed by atoms with Crippen molar-refractivity contribution in [1.29, 1.82) is 0 Å². The number of aromatic amines is 1. The summed E-state index contributed by atoms with van der Waals surface area (Å²) in [5.74, 6) is -3.29. The highest BCUT2D eigenvalue weighted by Gasteiger charge is 2.64. The van der Waals surface area contributed by atoms with E-state index in [4.69, 9.17) is 0 Å². The predicted molar refractivity (Wildman–Crippen MR) is 168 cm³/mol. The molecule has 0 radical (unpaired) electrons. The number of benzene rings is 2. The molecule has 2 fully saturated rings. The van der Waals surface area contributed by atoms with Gasteiger partial charge >= 0.3 is 5.97 Å². The zero-order valence-corrected chi connectivity index (χ0v) is 25.6. The monoisotopic (exact) mass is 634 g/mol. The molecule has 2 aromatic carbocycles. The van der Waals surface area contributed by atoms with E-state index in [0.29, 0.717) is 11.3 Å². The second kappa shape index (κ2) is 12.2. The molecule has 1 aromatic heterocycles. The number of fused-ring (bicyclic) bond motifs is 1. The minimum Gasteiger partial charge on any atom is -0.508 e. The van der Waals surface area contributed by atoms with Crippen molar-refractivity contribution in [2.24, 2.45) is 0 Å². The van der Waals surface area contributed by atoms with E-state index in [0.717, 1.165) is 10.5 Å². The van der Waals surface area contributed by atoms with Crippen LogP contribution in [-0.4, -0.2) is 72.2 Å². The third-order valence-corrected chi connectivity index (χ3v) is 9.80. The van der Waals surface area contributed by atoms with Crippen molar-refractivity contribution in [3.63, 3.8) is 0 Å². The fourth-order valence-corrected chi connectivity index (χ4v) is 7.26. The summed E-state index contributed by atoms with van der Waals surface area (Å²) in [5, 5.41) is 24.0. The van der Waals surface area contributed by atoms with E-state index in [9.17, 15) is 34.2 Å². The highest BCUT2D eigenvalue weighted by molar-refractivity contribution is 8.01. The molecule has 0 bridgehead atoms. The molecular formula is C31H30N4O7S2. The highest BCUT2D eigenvalue weighted by Crippen LogP contribution is 2.50. The Morgan fingerprint density at radius 1 is 1.02 bits per heavy atom. The normalized spacial score (nSPS) is 20.9. The molecule has 2 aliphatic rings. The van der Waals surface area contributed by atoms with Gasteiger partial charge in [-0.2, -0.15) is 0 Å². The van der Waals surface area contributed by atoms with Crippen molar-refractivity contribution in [3.05, 3.63) is 93.4 Å². The number of hydrogen-bond acceptors (Lipinski definition) is 8. The van der Waals surface area contributed by atoms with Gasteiger partial charge in [0.1, 0.15) is 34.8 Å². The van der Waals surface area contributed by atoms with Gasteiger partial charge in [-0.3, -0.25) is 19.2 Å². The number of thioether (sulfide) groups is 2. The molecule has 11 nitrogen and oxygen atoms in total. The lowest BCUT2D eigenvalue weighted by atomic mass is 9.95. The van der Waals surface area contributed by atoms with E-state index in [2.05, 4.69) is 15.6 Å². The highest BCUT2D eigenvalue weighted by atomic mass is 32.2. The number of carboxylic acid groups (broad SMARTS) is 1. The van der Waals surface area contributed by atoms with Gasteiger partial charge in [0.25, 0.3) is 11.5 Å². The second-order valence-electron chi connectivity index (χ2n) is 10.8. The molecule has 2 saturated heterocycles. The summed E-state index contributed by atoms with van der Waals surface area (Å²) in [6, 6.07) is 13.0. The number of hydrogen-bond donors (Lipinski definition) is 5. The molecule has 0 aliphatic carbocycles. The topological polar surface area (TPSA) is 169 Å². The lowest BCUT2D eigenvalue weighted by Gasteiger charge is -2.44. The zero-order chi connectivity index (χ0) is 31.8. The van der Waals surface area contributed by atoms with Crippen molar-refractivity contribution in [2.45, 2.75) is 47.0 Å². The largest absolute Gasteiger partial charge is 0.508 e. The molecule has 3 amide bonds. The summed E-state index contributed by atoms with van der Waals surface area (Å²) >= 11 is 2.90. The van der Waals surface area contributed by atoms with Gasteiger partial charge < -0.3 is 30.7 Å². The Morgan fingerprint density at radius 3 is 2.32 bits per heavy atom. The number of H-pyrrole nitrogens is 1. The third-order valence-electron chi connectivity index (χ3n) is 7.48. The molecule has 228 valence electrons. The Labute approximate surface area is 261 Å². The molecule has 3 aromatic rings. The van der Waals surface area contributed by atoms with Crippen LogP contribution >= 0.6 is 23.5 Å². The second-order valence-corrected chi connectivity index (χ2v) is 13.5. The number of aromatic nitrogens is 1. The summed E-state index contributed by atoms with van der Waals surface area (Å²) in [4.78, 5) is 69.5. The Kier molecular flexibility index (Phi) is 8.62. The van der Waals surface area contributed by atoms with Crippen LogP contribution < -0.4 is 16.2 Å². The lowest BCUT2D eigenvalue weighted by Crippen LogP contribution is -2.71. The molecule has 3 heterocycles. The minimum atomic E-state index is -1.33. The van der Waals surface area contributed by atoms with Crippen molar-refractivity contribution >= 4 is 59.4 Å². The zero-order valence-electron chi connectivity index (χ0n) is 23.9. The summed E-state index contributed by atoms with van der Waals surface area (Å²) in [6.45, 7) is 3.45. The molecule has 4 atom stereocenters. The number of rotatable bonds is 9. The number of carbonyl (C=O) groups excluding carboxylic acids is 3. The predicted octanol–water partition coefficient (Wildman–Crippen LogP) is 3.08. The summed E-state index contributed by atoms with van der Waals surface area (Å²) in [7, 11) is 0. The number of aromatic hydroxyl groups is 1. The van der Waals surface area contributed by atoms with E-state index in [1.807, 2.05) is 36.6 Å². The smallest absolute Gasteiger partial charge is 0.327 e. The standard InChI is InChI=1S/C31H30N4O7S2/c1-31(2)24(30(41)42)35-28(40)23(29(35)44-31)34-27(39)22(17-7-11-19(36)12-8-17)33-26(38)21-15-10-18(32-25(21)37)9-4-16-5-13-20(43-3)14-6-16/h4-15,22-24,29,36H,1-3H3,(H,32,37)(H,33,38)(H,34,39)(H,41,42)/b9-4+/t22?,23-,24+,29-/m1/s1. The van der Waals surface area contributed by atoms with E-state index in [-0.39, 0.29) is 11.3 Å². The van der Waals surface area contributed by atoms with E-state index in [1.165, 1.54) is 47.0 Å². The summed E-state index contributed by atoms with van der Waals surface area (Å²) in [6.07, 6.45) is 5.52. The molecule has 2 aliphatic heterocycles. The van der Waals surface area contributed by atoms with Crippen LogP contribution in [0, 0.1) is 0 Å². The van der Waals surface area contributed by atoms with Crippen LogP contribution in [-0.2, 0) is 14.4 Å². The van der Waals surface area contributed by atoms with Crippen LogP contribution in [0.3, 0.4) is 0 Å². The van der Waals surface area contributed by atoms with Crippen molar-refractivity contribution in [3.8, 4) is 5.75 Å². The number of pyridine rings is 1. The molecule has 0 saturated carbocycles. The number of nitrogens with zero attached hydrogens (tertiary/aromatic N) is 1. The van der Waals surface area contributed by atoms with Crippen molar-refractivity contribution in [1.82, 2.24) is 20.5 Å². The quantitative estimate of drug-likeness (QED) is 0.175. The number of carboxylic acids is 1. The SMILES string of the molecule is CSc1ccc(/C=C/c2ccc(C(=O)NC(C(=O)N[C@@H]3C(=O)N4[C@@H]3SC(C)(C)[C@@H]4C(=O)O)c3ccc(O)cc3)c(=O)[nH]2)cc1. The van der Waals surface area contributed by atoms with Crippen LogP contribution in [0.15, 0.2) is 70.4 Å². The van der Waals surface area contributed by atoms with Gasteiger partial charge in [0.2, 0.25) is 11.8 Å². The number of carbonyl (C=O) groups is 4. The fourth-order valence-electron chi connectivity index (χ4n) is 5.22. The van der Waals surface area contributed by atoms with Crippen LogP contribution in [0.4, 0.5) is 0 Å². The molecule has 5 rings (SSSR count). The van der Waals surface area contributed by atoms with Gasteiger partial charge in [0, 0.05) is 15.3 Å². The number of phenolic OH excluding ortho intramolecular Hbond substituents is 1. The Bertz CT molecular complexity index is 1700. The average Bonchev–Trinajstić information content (AvgIpc) is 3.25. The number of β-lactam (4-membered cyclic amide) rings is 1. The summed E-state index contributed by atoms with van der Waals surface area (Å²) < 4.78 is -0.780. The molecule has 5 N–H and O–H groups in total. The van der Waals surface area contributed by atoms with Crippen LogP contribution in [0.1, 0.15) is 47.1 Å². The van der Waals surface area contributed by atoms with Crippen LogP contribution in [0.25, 0.3) is 12.2 Å². The van der Waals surface area contributed by atoms with Crippen molar-refractivity contribution in [2.75, 3.05) is 6.26 Å². The molecule has 44 heavy (non-hydrogen) atoms. The molecule has 13 heteroatoms.